The summed E-state index contributed by atoms with van der Waals surface area (Å²) < 4.78 is 15.3. The lowest BCUT2D eigenvalue weighted by atomic mass is 9.89. The molecule has 0 bridgehead atoms. The number of aromatic nitrogens is 6. The van der Waals surface area contributed by atoms with Crippen LogP contribution in [-0.2, 0) is 13.6 Å². The molecule has 0 amide bonds. The second-order valence-corrected chi connectivity index (χ2v) is 7.42. The summed E-state index contributed by atoms with van der Waals surface area (Å²) in [6.07, 6.45) is 3.98. The van der Waals surface area contributed by atoms with Crippen molar-refractivity contribution in [1.82, 2.24) is 28.9 Å². The number of imidazole rings is 1. The smallest absolute Gasteiger partial charge is 0.437 e. The van der Waals surface area contributed by atoms with Crippen molar-refractivity contribution in [3.8, 4) is 11.8 Å². The van der Waals surface area contributed by atoms with Gasteiger partial charge in [0.25, 0.3) is 5.56 Å². The van der Waals surface area contributed by atoms with Crippen LogP contribution in [0.4, 0.5) is 0 Å². The van der Waals surface area contributed by atoms with Crippen molar-refractivity contribution in [1.29, 1.82) is 5.26 Å². The summed E-state index contributed by atoms with van der Waals surface area (Å²) in [5.41, 5.74) is 0.957. The third kappa shape index (κ3) is 3.38. The van der Waals surface area contributed by atoms with Gasteiger partial charge >= 0.3 is 5.76 Å². The molecule has 3 heterocycles. The van der Waals surface area contributed by atoms with Gasteiger partial charge in [0.2, 0.25) is 5.89 Å². The Morgan fingerprint density at radius 2 is 2.06 bits per heavy atom. The fraction of sp³-hybridized carbons (Fsp3) is 0.300. The van der Waals surface area contributed by atoms with Crippen LogP contribution in [0.2, 0.25) is 0 Å². The van der Waals surface area contributed by atoms with Gasteiger partial charge in [-0.2, -0.15) is 9.94 Å². The van der Waals surface area contributed by atoms with Crippen LogP contribution < -0.4 is 16.1 Å². The van der Waals surface area contributed by atoms with Crippen molar-refractivity contribution in [3.63, 3.8) is 0 Å². The lowest BCUT2D eigenvalue weighted by Gasteiger charge is -2.34. The van der Waals surface area contributed by atoms with E-state index in [1.165, 1.54) is 21.9 Å². The molecule has 31 heavy (non-hydrogen) atoms. The van der Waals surface area contributed by atoms with Gasteiger partial charge in [-0.1, -0.05) is 6.07 Å². The fourth-order valence-corrected chi connectivity index (χ4v) is 3.62. The third-order valence-corrected chi connectivity index (χ3v) is 5.30. The van der Waals surface area contributed by atoms with Crippen LogP contribution in [0.3, 0.4) is 0 Å². The molecule has 0 atom stereocenters. The van der Waals surface area contributed by atoms with Gasteiger partial charge in [0, 0.05) is 19.9 Å². The topological polar surface area (TPSA) is 134 Å². The molecule has 11 nitrogen and oxygen atoms in total. The van der Waals surface area contributed by atoms with Crippen molar-refractivity contribution >= 4 is 11.2 Å². The van der Waals surface area contributed by atoms with E-state index >= 15 is 0 Å². The van der Waals surface area contributed by atoms with E-state index in [1.54, 1.807) is 35.9 Å². The maximum atomic E-state index is 12.6. The summed E-state index contributed by atoms with van der Waals surface area (Å²) in [7, 11) is 1.71. The maximum Gasteiger partial charge on any atom is 0.437 e. The van der Waals surface area contributed by atoms with E-state index < -0.39 is 5.76 Å². The standard InChI is InChI=1S/C20H17N7O4/c1-25-10-22-18-17(25)19(28)26(11-23-18)9-16-24-27(20(29)31-16)13-6-15(7-13)30-14-4-2-3-12(5-14)8-21/h2-5,10-11,13,15H,6-7,9H2,1H3. The maximum absolute atomic E-state index is 12.6. The predicted octanol–water partition coefficient (Wildman–Crippen LogP) is 0.982. The summed E-state index contributed by atoms with van der Waals surface area (Å²) in [5.74, 6) is 0.169. The zero-order valence-electron chi connectivity index (χ0n) is 16.5. The zero-order chi connectivity index (χ0) is 21.5. The van der Waals surface area contributed by atoms with E-state index in [0.29, 0.717) is 35.3 Å². The second kappa shape index (κ2) is 7.24. The highest BCUT2D eigenvalue weighted by Crippen LogP contribution is 2.34. The number of hydrogen-bond acceptors (Lipinski definition) is 8. The molecule has 156 valence electrons. The number of fused-ring (bicyclic) bond motifs is 1. The Labute approximate surface area is 174 Å². The van der Waals surface area contributed by atoms with E-state index in [2.05, 4.69) is 21.1 Å². The third-order valence-electron chi connectivity index (χ3n) is 5.30. The number of rotatable bonds is 5. The molecule has 5 rings (SSSR count). The Kier molecular flexibility index (Phi) is 4.39. The molecule has 1 aliphatic rings. The molecular formula is C20H17N7O4. The minimum atomic E-state index is -0.576. The molecule has 0 unspecified atom stereocenters. The Morgan fingerprint density at radius 3 is 2.87 bits per heavy atom. The van der Waals surface area contributed by atoms with Crippen LogP contribution in [0, 0.1) is 11.3 Å². The Hall–Kier alpha value is -4.20. The lowest BCUT2D eigenvalue weighted by Crippen LogP contribution is -2.39. The molecule has 1 aliphatic carbocycles. The Morgan fingerprint density at radius 1 is 1.26 bits per heavy atom. The second-order valence-electron chi connectivity index (χ2n) is 7.42. The van der Waals surface area contributed by atoms with Crippen molar-refractivity contribution < 1.29 is 9.15 Å². The number of aryl methyl sites for hydroxylation is 1. The number of hydrogen-bond donors (Lipinski definition) is 0. The molecule has 3 aromatic heterocycles. The molecule has 1 fully saturated rings. The van der Waals surface area contributed by atoms with Gasteiger partial charge in [0.15, 0.2) is 11.2 Å². The number of ether oxygens (including phenoxy) is 1. The van der Waals surface area contributed by atoms with E-state index in [1.807, 2.05) is 0 Å². The average Bonchev–Trinajstić information content (AvgIpc) is 3.29. The quantitative estimate of drug-likeness (QED) is 0.467. The molecular weight excluding hydrogens is 402 g/mol. The van der Waals surface area contributed by atoms with Crippen molar-refractivity contribution in [2.75, 3.05) is 0 Å². The molecule has 0 spiro atoms. The highest BCUT2D eigenvalue weighted by Gasteiger charge is 2.35. The molecule has 0 N–H and O–H groups in total. The largest absolute Gasteiger partial charge is 0.490 e. The van der Waals surface area contributed by atoms with Crippen LogP contribution in [0.15, 0.2) is 50.9 Å². The Balaban J connectivity index is 1.28. The van der Waals surface area contributed by atoms with Crippen LogP contribution in [-0.4, -0.2) is 35.0 Å². The summed E-state index contributed by atoms with van der Waals surface area (Å²) in [5, 5.41) is 13.2. The molecule has 4 aromatic rings. The van der Waals surface area contributed by atoms with Gasteiger partial charge in [-0.25, -0.2) is 14.8 Å². The minimum absolute atomic E-state index is 0.0111. The van der Waals surface area contributed by atoms with Gasteiger partial charge in [-0.3, -0.25) is 9.36 Å². The van der Waals surface area contributed by atoms with Gasteiger partial charge in [0.05, 0.1) is 24.0 Å². The van der Waals surface area contributed by atoms with E-state index in [0.717, 1.165) is 0 Å². The first-order valence-electron chi connectivity index (χ1n) is 9.63. The number of nitrogens with zero attached hydrogens (tertiary/aromatic N) is 7. The molecule has 0 saturated heterocycles. The average molecular weight is 419 g/mol. The summed E-state index contributed by atoms with van der Waals surface area (Å²) in [6.45, 7) is -0.0111. The van der Waals surface area contributed by atoms with Crippen molar-refractivity contribution in [3.05, 3.63) is 69.3 Å². The SMILES string of the molecule is Cn1cnc2ncn(Cc3nn(C4CC(Oc5cccc(C#N)c5)C4)c(=O)o3)c(=O)c21. The predicted molar refractivity (Wildman–Crippen MR) is 106 cm³/mol. The molecule has 0 radical (unpaired) electrons. The first-order chi connectivity index (χ1) is 15.0. The van der Waals surface area contributed by atoms with Gasteiger partial charge in [-0.15, -0.1) is 5.10 Å². The van der Waals surface area contributed by atoms with Crippen LogP contribution in [0.5, 0.6) is 5.75 Å². The van der Waals surface area contributed by atoms with E-state index in [-0.39, 0.29) is 30.1 Å². The molecule has 11 heteroatoms. The number of benzene rings is 1. The van der Waals surface area contributed by atoms with Gasteiger partial charge in [-0.05, 0) is 18.2 Å². The van der Waals surface area contributed by atoms with E-state index in [9.17, 15) is 9.59 Å². The normalized spacial score (nSPS) is 17.9. The Bertz CT molecular complexity index is 1430. The lowest BCUT2D eigenvalue weighted by molar-refractivity contribution is 0.0616. The highest BCUT2D eigenvalue weighted by molar-refractivity contribution is 5.68. The first-order valence-corrected chi connectivity index (χ1v) is 9.63. The van der Waals surface area contributed by atoms with E-state index in [4.69, 9.17) is 14.4 Å². The monoisotopic (exact) mass is 419 g/mol. The van der Waals surface area contributed by atoms with Crippen molar-refractivity contribution in [2.24, 2.45) is 7.05 Å². The summed E-state index contributed by atoms with van der Waals surface area (Å²) in [6, 6.07) is 8.87. The van der Waals surface area contributed by atoms with Gasteiger partial charge in [0.1, 0.15) is 24.7 Å². The van der Waals surface area contributed by atoms with Crippen LogP contribution in [0.25, 0.3) is 11.2 Å². The first kappa shape index (κ1) is 18.8. The molecule has 1 saturated carbocycles. The molecule has 0 aliphatic heterocycles. The zero-order valence-corrected chi connectivity index (χ0v) is 16.5. The van der Waals surface area contributed by atoms with Gasteiger partial charge < -0.3 is 13.7 Å². The highest BCUT2D eigenvalue weighted by atomic mass is 16.5. The number of nitriles is 1. The minimum Gasteiger partial charge on any atom is -0.490 e. The van der Waals surface area contributed by atoms with Crippen molar-refractivity contribution in [2.45, 2.75) is 31.5 Å². The van der Waals surface area contributed by atoms with Crippen LogP contribution in [0.1, 0.15) is 30.3 Å². The summed E-state index contributed by atoms with van der Waals surface area (Å²) >= 11 is 0. The molecule has 1 aromatic carbocycles. The summed E-state index contributed by atoms with van der Waals surface area (Å²) in [4.78, 5) is 33.1. The fourth-order valence-electron chi connectivity index (χ4n) is 3.62. The van der Waals surface area contributed by atoms with Crippen LogP contribution >= 0.6 is 0 Å².